The van der Waals surface area contributed by atoms with Crippen LogP contribution in [0.1, 0.15) is 16.9 Å². The minimum Gasteiger partial charge on any atom is -0.494 e. The second-order valence-corrected chi connectivity index (χ2v) is 5.43. The summed E-state index contributed by atoms with van der Waals surface area (Å²) in [4.78, 5) is 20.3. The zero-order valence-corrected chi connectivity index (χ0v) is 14.3. The van der Waals surface area contributed by atoms with Crippen LogP contribution in [0.4, 0.5) is 5.95 Å². The predicted octanol–water partition coefficient (Wildman–Crippen LogP) is 2.37. The predicted molar refractivity (Wildman–Crippen MR) is 96.0 cm³/mol. The van der Waals surface area contributed by atoms with Crippen molar-refractivity contribution in [3.8, 4) is 17.1 Å². The third kappa shape index (κ3) is 4.56. The molecule has 8 nitrogen and oxygen atoms in total. The van der Waals surface area contributed by atoms with Crippen molar-refractivity contribution in [2.45, 2.75) is 6.42 Å². The minimum atomic E-state index is -0.267. The van der Waals surface area contributed by atoms with Gasteiger partial charge in [-0.25, -0.2) is 9.97 Å². The molecule has 134 valence electrons. The van der Waals surface area contributed by atoms with Crippen LogP contribution in [0.3, 0.4) is 0 Å². The van der Waals surface area contributed by atoms with E-state index in [0.717, 1.165) is 5.56 Å². The number of ether oxygens (including phenoxy) is 1. The molecule has 0 unspecified atom stereocenters. The molecule has 0 aliphatic heterocycles. The summed E-state index contributed by atoms with van der Waals surface area (Å²) in [5.74, 6) is 1.41. The second-order valence-electron chi connectivity index (χ2n) is 5.43. The molecule has 0 spiro atoms. The molecule has 0 radical (unpaired) electrons. The lowest BCUT2D eigenvalue weighted by atomic mass is 10.1. The van der Waals surface area contributed by atoms with Gasteiger partial charge < -0.3 is 19.9 Å². The Kier molecular flexibility index (Phi) is 5.76. The molecular formula is C18H19N5O3. The van der Waals surface area contributed by atoms with Gasteiger partial charge in [-0.15, -0.1) is 0 Å². The molecule has 2 heterocycles. The lowest BCUT2D eigenvalue weighted by Gasteiger charge is -2.06. The van der Waals surface area contributed by atoms with Crippen molar-refractivity contribution < 1.29 is 14.1 Å². The maximum Gasteiger partial charge on any atom is 0.273 e. The van der Waals surface area contributed by atoms with Crippen molar-refractivity contribution in [2.24, 2.45) is 0 Å². The van der Waals surface area contributed by atoms with Crippen molar-refractivity contribution in [3.63, 3.8) is 0 Å². The number of amides is 1. The van der Waals surface area contributed by atoms with E-state index in [1.807, 2.05) is 30.3 Å². The summed E-state index contributed by atoms with van der Waals surface area (Å²) in [5, 5.41) is 9.70. The van der Waals surface area contributed by atoms with E-state index in [0.29, 0.717) is 37.0 Å². The summed E-state index contributed by atoms with van der Waals surface area (Å²) in [6, 6.07) is 11.1. The first-order valence-electron chi connectivity index (χ1n) is 8.16. The molecule has 2 N–H and O–H groups in total. The number of anilines is 1. The first-order chi connectivity index (χ1) is 12.8. The molecule has 0 fully saturated rings. The van der Waals surface area contributed by atoms with Gasteiger partial charge in [0.25, 0.3) is 5.91 Å². The molecule has 1 aromatic carbocycles. The Bertz CT molecular complexity index is 834. The van der Waals surface area contributed by atoms with Crippen molar-refractivity contribution in [3.05, 3.63) is 54.5 Å². The van der Waals surface area contributed by atoms with Gasteiger partial charge in [0.2, 0.25) is 5.95 Å². The second kappa shape index (κ2) is 8.61. The maximum absolute atomic E-state index is 12.1. The number of aromatic nitrogens is 3. The normalized spacial score (nSPS) is 10.3. The van der Waals surface area contributed by atoms with Gasteiger partial charge in [-0.2, -0.15) is 0 Å². The Labute approximate surface area is 150 Å². The van der Waals surface area contributed by atoms with Crippen molar-refractivity contribution >= 4 is 11.9 Å². The average molecular weight is 353 g/mol. The number of methoxy groups -OCH3 is 1. The lowest BCUT2D eigenvalue weighted by molar-refractivity contribution is 0.0944. The Morgan fingerprint density at radius 3 is 2.65 bits per heavy atom. The van der Waals surface area contributed by atoms with Gasteiger partial charge in [-0.3, -0.25) is 4.79 Å². The smallest absolute Gasteiger partial charge is 0.273 e. The summed E-state index contributed by atoms with van der Waals surface area (Å²) in [6.45, 7) is 1.12. The van der Waals surface area contributed by atoms with Crippen LogP contribution in [0, 0.1) is 0 Å². The fraction of sp³-hybridized carbons (Fsp3) is 0.222. The summed E-state index contributed by atoms with van der Waals surface area (Å²) < 4.78 is 10.2. The summed E-state index contributed by atoms with van der Waals surface area (Å²) >= 11 is 0. The number of benzene rings is 1. The fourth-order valence-corrected chi connectivity index (χ4v) is 2.21. The minimum absolute atomic E-state index is 0.260. The maximum atomic E-state index is 12.1. The molecule has 1 amide bonds. The van der Waals surface area contributed by atoms with E-state index in [1.165, 1.54) is 0 Å². The van der Waals surface area contributed by atoms with Crippen LogP contribution < -0.4 is 15.4 Å². The highest BCUT2D eigenvalue weighted by Crippen LogP contribution is 2.19. The van der Waals surface area contributed by atoms with E-state index >= 15 is 0 Å². The van der Waals surface area contributed by atoms with Gasteiger partial charge in [0, 0.05) is 24.7 Å². The summed E-state index contributed by atoms with van der Waals surface area (Å²) in [5.41, 5.74) is 1.14. The highest BCUT2D eigenvalue weighted by Gasteiger charge is 2.12. The molecule has 0 aliphatic carbocycles. The van der Waals surface area contributed by atoms with E-state index in [-0.39, 0.29) is 11.6 Å². The molecule has 0 atom stereocenters. The largest absolute Gasteiger partial charge is 0.494 e. The number of hydrogen-bond donors (Lipinski definition) is 2. The lowest BCUT2D eigenvalue weighted by Crippen LogP contribution is -2.26. The number of carbonyl (C=O) groups is 1. The molecule has 3 rings (SSSR count). The molecule has 0 saturated heterocycles. The average Bonchev–Trinajstić information content (AvgIpc) is 3.19. The van der Waals surface area contributed by atoms with Crippen LogP contribution in [0.25, 0.3) is 11.3 Å². The van der Waals surface area contributed by atoms with E-state index in [2.05, 4.69) is 25.8 Å². The molecular weight excluding hydrogens is 334 g/mol. The molecule has 26 heavy (non-hydrogen) atoms. The van der Waals surface area contributed by atoms with E-state index in [4.69, 9.17) is 9.26 Å². The molecule has 8 heteroatoms. The van der Waals surface area contributed by atoms with Gasteiger partial charge in [-0.1, -0.05) is 35.5 Å². The Hall–Kier alpha value is -3.42. The van der Waals surface area contributed by atoms with Gasteiger partial charge in [0.1, 0.15) is 0 Å². The third-order valence-electron chi connectivity index (χ3n) is 3.59. The number of nitrogens with one attached hydrogen (secondary N) is 2. The van der Waals surface area contributed by atoms with Crippen molar-refractivity contribution in [1.82, 2.24) is 20.4 Å². The highest BCUT2D eigenvalue weighted by molar-refractivity contribution is 5.93. The van der Waals surface area contributed by atoms with E-state index in [1.54, 1.807) is 25.6 Å². The fourth-order valence-electron chi connectivity index (χ4n) is 2.21. The molecule has 0 bridgehead atoms. The van der Waals surface area contributed by atoms with Crippen LogP contribution >= 0.6 is 0 Å². The highest BCUT2D eigenvalue weighted by atomic mass is 16.5. The van der Waals surface area contributed by atoms with Crippen molar-refractivity contribution in [2.75, 3.05) is 25.5 Å². The molecule has 3 aromatic rings. The van der Waals surface area contributed by atoms with Gasteiger partial charge in [0.05, 0.1) is 19.5 Å². The Morgan fingerprint density at radius 1 is 1.15 bits per heavy atom. The zero-order chi connectivity index (χ0) is 18.2. The van der Waals surface area contributed by atoms with E-state index in [9.17, 15) is 4.79 Å². The SMILES string of the molecule is COc1cnc(NCCCNC(=O)c2cc(-c3ccccc3)on2)nc1. The van der Waals surface area contributed by atoms with Gasteiger partial charge in [-0.05, 0) is 6.42 Å². The summed E-state index contributed by atoms with van der Waals surface area (Å²) in [7, 11) is 1.56. The van der Waals surface area contributed by atoms with Crippen LogP contribution in [-0.4, -0.2) is 41.2 Å². The summed E-state index contributed by atoms with van der Waals surface area (Å²) in [6.07, 6.45) is 3.89. The Balaban J connectivity index is 1.41. The molecule has 0 aliphatic rings. The monoisotopic (exact) mass is 353 g/mol. The van der Waals surface area contributed by atoms with Crippen LogP contribution in [0.5, 0.6) is 5.75 Å². The zero-order valence-electron chi connectivity index (χ0n) is 14.3. The van der Waals surface area contributed by atoms with E-state index < -0.39 is 0 Å². The van der Waals surface area contributed by atoms with Gasteiger partial charge >= 0.3 is 0 Å². The third-order valence-corrected chi connectivity index (χ3v) is 3.59. The molecule has 2 aromatic heterocycles. The van der Waals surface area contributed by atoms with Crippen molar-refractivity contribution in [1.29, 1.82) is 0 Å². The first-order valence-corrected chi connectivity index (χ1v) is 8.16. The quantitative estimate of drug-likeness (QED) is 0.599. The topological polar surface area (TPSA) is 102 Å². The van der Waals surface area contributed by atoms with Crippen LogP contribution in [0.2, 0.25) is 0 Å². The molecule has 0 saturated carbocycles. The van der Waals surface area contributed by atoms with Gasteiger partial charge in [0.15, 0.2) is 17.2 Å². The first kappa shape index (κ1) is 17.4. The van der Waals surface area contributed by atoms with Crippen LogP contribution in [-0.2, 0) is 0 Å². The number of hydrogen-bond acceptors (Lipinski definition) is 7. The number of nitrogens with zero attached hydrogens (tertiary/aromatic N) is 3. The van der Waals surface area contributed by atoms with Crippen LogP contribution in [0.15, 0.2) is 53.3 Å². The standard InChI is InChI=1S/C18H19N5O3/c1-25-14-11-21-18(22-12-14)20-9-5-8-19-17(24)15-10-16(26-23-15)13-6-3-2-4-7-13/h2-4,6-7,10-12H,5,8-9H2,1H3,(H,19,24)(H,20,21,22). The Morgan fingerprint density at radius 2 is 1.92 bits per heavy atom. The number of carbonyl (C=O) groups excluding carboxylic acids is 1. The number of rotatable bonds is 8.